The summed E-state index contributed by atoms with van der Waals surface area (Å²) in [5, 5.41) is 0.983. The first-order chi connectivity index (χ1) is 11.3. The van der Waals surface area contributed by atoms with E-state index < -0.39 is 15.8 Å². The average molecular weight is 347 g/mol. The molecule has 0 bridgehead atoms. The van der Waals surface area contributed by atoms with Crippen molar-refractivity contribution in [3.8, 4) is 0 Å². The summed E-state index contributed by atoms with van der Waals surface area (Å²) >= 11 is 0. The van der Waals surface area contributed by atoms with E-state index in [4.69, 9.17) is 4.42 Å². The van der Waals surface area contributed by atoms with E-state index in [1.807, 2.05) is 30.3 Å². The van der Waals surface area contributed by atoms with Crippen molar-refractivity contribution >= 4 is 21.0 Å². The molecule has 0 aliphatic carbocycles. The maximum absolute atomic E-state index is 13.2. The van der Waals surface area contributed by atoms with Crippen LogP contribution in [0.15, 0.2) is 57.8 Å². The molecule has 126 valence electrons. The molecule has 0 saturated carbocycles. The van der Waals surface area contributed by atoms with Crippen molar-refractivity contribution in [1.82, 2.24) is 4.72 Å². The van der Waals surface area contributed by atoms with Crippen LogP contribution in [-0.4, -0.2) is 14.5 Å². The number of rotatable bonds is 5. The van der Waals surface area contributed by atoms with E-state index in [0.29, 0.717) is 17.7 Å². The lowest BCUT2D eigenvalue weighted by molar-refractivity contribution is 0.504. The summed E-state index contributed by atoms with van der Waals surface area (Å²) in [6.45, 7) is 3.34. The number of hydrogen-bond donors (Lipinski definition) is 1. The Morgan fingerprint density at radius 2 is 1.92 bits per heavy atom. The first kappa shape index (κ1) is 16.7. The minimum Gasteiger partial charge on any atom is -0.461 e. The predicted molar refractivity (Wildman–Crippen MR) is 90.8 cm³/mol. The van der Waals surface area contributed by atoms with Crippen molar-refractivity contribution in [2.24, 2.45) is 0 Å². The fraction of sp³-hybridized carbons (Fsp3) is 0.222. The van der Waals surface area contributed by atoms with E-state index in [9.17, 15) is 12.8 Å². The highest BCUT2D eigenvalue weighted by molar-refractivity contribution is 7.89. The molecule has 1 N–H and O–H groups in total. The zero-order chi connectivity index (χ0) is 17.3. The third-order valence-corrected chi connectivity index (χ3v) is 5.52. The third kappa shape index (κ3) is 3.49. The van der Waals surface area contributed by atoms with Gasteiger partial charge in [0.15, 0.2) is 0 Å². The lowest BCUT2D eigenvalue weighted by atomic mass is 10.2. The average Bonchev–Trinajstić information content (AvgIpc) is 2.87. The van der Waals surface area contributed by atoms with Gasteiger partial charge in [0, 0.05) is 17.8 Å². The van der Waals surface area contributed by atoms with E-state index >= 15 is 0 Å². The van der Waals surface area contributed by atoms with Gasteiger partial charge in [-0.1, -0.05) is 18.2 Å². The Bertz CT molecular complexity index is 946. The van der Waals surface area contributed by atoms with Crippen LogP contribution in [0.1, 0.15) is 18.2 Å². The van der Waals surface area contributed by atoms with Crippen LogP contribution < -0.4 is 4.72 Å². The number of para-hydroxylation sites is 1. The monoisotopic (exact) mass is 347 g/mol. The van der Waals surface area contributed by atoms with Gasteiger partial charge in [0.2, 0.25) is 10.0 Å². The molecule has 1 aromatic heterocycles. The number of fused-ring (bicyclic) bond motifs is 1. The molecule has 3 rings (SSSR count). The predicted octanol–water partition coefficient (Wildman–Crippen LogP) is 3.79. The van der Waals surface area contributed by atoms with Crippen LogP contribution in [0.5, 0.6) is 0 Å². The molecule has 24 heavy (non-hydrogen) atoms. The second kappa shape index (κ2) is 6.37. The van der Waals surface area contributed by atoms with Crippen LogP contribution >= 0.6 is 0 Å². The maximum atomic E-state index is 13.2. The molecular formula is C18H18FNO3S. The lowest BCUT2D eigenvalue weighted by Gasteiger charge is -2.14. The van der Waals surface area contributed by atoms with Gasteiger partial charge in [0.05, 0.1) is 4.90 Å². The summed E-state index contributed by atoms with van der Waals surface area (Å²) in [4.78, 5) is 0.0837. The maximum Gasteiger partial charge on any atom is 0.241 e. The normalized spacial score (nSPS) is 13.3. The lowest BCUT2D eigenvalue weighted by Crippen LogP contribution is -2.34. The Kier molecular flexibility index (Phi) is 4.43. The summed E-state index contributed by atoms with van der Waals surface area (Å²) in [5.74, 6) is 0.254. The van der Waals surface area contributed by atoms with Crippen molar-refractivity contribution in [3.05, 3.63) is 65.7 Å². The smallest absolute Gasteiger partial charge is 0.241 e. The Morgan fingerprint density at radius 1 is 1.17 bits per heavy atom. The van der Waals surface area contributed by atoms with E-state index in [2.05, 4.69) is 4.72 Å². The molecule has 3 aromatic rings. The standard InChI is InChI=1S/C18H18FNO3S/c1-12-9-15(19)7-8-18(12)24(21,22)20-13(2)10-16-11-14-5-3-4-6-17(14)23-16/h3-9,11,13,20H,10H2,1-2H3/t13-/m1/s1. The highest BCUT2D eigenvalue weighted by Gasteiger charge is 2.20. The number of hydrogen-bond acceptors (Lipinski definition) is 3. The Hall–Kier alpha value is -2.18. The number of benzene rings is 2. The van der Waals surface area contributed by atoms with Gasteiger partial charge in [-0.05, 0) is 49.7 Å². The zero-order valence-electron chi connectivity index (χ0n) is 13.4. The molecule has 0 fully saturated rings. The van der Waals surface area contributed by atoms with Crippen LogP contribution in [0.4, 0.5) is 4.39 Å². The molecule has 1 heterocycles. The molecule has 4 nitrogen and oxygen atoms in total. The molecule has 0 amide bonds. The number of nitrogens with one attached hydrogen (secondary N) is 1. The molecule has 0 unspecified atom stereocenters. The van der Waals surface area contributed by atoms with Crippen LogP contribution in [-0.2, 0) is 16.4 Å². The summed E-state index contributed by atoms with van der Waals surface area (Å²) in [7, 11) is -3.72. The summed E-state index contributed by atoms with van der Waals surface area (Å²) in [6, 6.07) is 12.8. The van der Waals surface area contributed by atoms with E-state index in [1.54, 1.807) is 13.8 Å². The highest BCUT2D eigenvalue weighted by Crippen LogP contribution is 2.21. The summed E-state index contributed by atoms with van der Waals surface area (Å²) in [6.07, 6.45) is 0.425. The largest absolute Gasteiger partial charge is 0.461 e. The van der Waals surface area contributed by atoms with Gasteiger partial charge in [0.25, 0.3) is 0 Å². The van der Waals surface area contributed by atoms with Crippen molar-refractivity contribution < 1.29 is 17.2 Å². The second-order valence-electron chi connectivity index (χ2n) is 5.89. The highest BCUT2D eigenvalue weighted by atomic mass is 32.2. The number of sulfonamides is 1. The van der Waals surface area contributed by atoms with Crippen molar-refractivity contribution in [2.45, 2.75) is 31.2 Å². The van der Waals surface area contributed by atoms with Crippen molar-refractivity contribution in [2.75, 3.05) is 0 Å². The Labute approximate surface area is 140 Å². The Balaban J connectivity index is 1.76. The van der Waals surface area contributed by atoms with E-state index in [1.165, 1.54) is 12.1 Å². The molecular weight excluding hydrogens is 329 g/mol. The van der Waals surface area contributed by atoms with E-state index in [0.717, 1.165) is 17.0 Å². The van der Waals surface area contributed by atoms with Crippen LogP contribution in [0.2, 0.25) is 0 Å². The fourth-order valence-corrected chi connectivity index (χ4v) is 4.19. The van der Waals surface area contributed by atoms with Gasteiger partial charge in [-0.25, -0.2) is 17.5 Å². The minimum atomic E-state index is -3.72. The van der Waals surface area contributed by atoms with Crippen molar-refractivity contribution in [3.63, 3.8) is 0 Å². The molecule has 0 aliphatic rings. The number of furan rings is 1. The first-order valence-electron chi connectivity index (χ1n) is 7.61. The Morgan fingerprint density at radius 3 is 2.62 bits per heavy atom. The summed E-state index contributed by atoms with van der Waals surface area (Å²) < 4.78 is 46.4. The topological polar surface area (TPSA) is 59.3 Å². The van der Waals surface area contributed by atoms with Gasteiger partial charge in [-0.2, -0.15) is 0 Å². The van der Waals surface area contributed by atoms with E-state index in [-0.39, 0.29) is 10.9 Å². The third-order valence-electron chi connectivity index (χ3n) is 3.77. The van der Waals surface area contributed by atoms with Crippen LogP contribution in [0.3, 0.4) is 0 Å². The van der Waals surface area contributed by atoms with Crippen LogP contribution in [0.25, 0.3) is 11.0 Å². The zero-order valence-corrected chi connectivity index (χ0v) is 14.2. The minimum absolute atomic E-state index is 0.0837. The first-order valence-corrected chi connectivity index (χ1v) is 9.09. The fourth-order valence-electron chi connectivity index (χ4n) is 2.72. The second-order valence-corrected chi connectivity index (χ2v) is 7.57. The van der Waals surface area contributed by atoms with Gasteiger partial charge in [-0.3, -0.25) is 0 Å². The quantitative estimate of drug-likeness (QED) is 0.764. The number of halogens is 1. The van der Waals surface area contributed by atoms with Gasteiger partial charge < -0.3 is 4.42 Å². The van der Waals surface area contributed by atoms with Gasteiger partial charge in [-0.15, -0.1) is 0 Å². The molecule has 0 saturated heterocycles. The number of aryl methyl sites for hydroxylation is 1. The molecule has 2 aromatic carbocycles. The van der Waals surface area contributed by atoms with Crippen LogP contribution in [0, 0.1) is 12.7 Å². The van der Waals surface area contributed by atoms with Gasteiger partial charge >= 0.3 is 0 Å². The summed E-state index contributed by atoms with van der Waals surface area (Å²) in [5.41, 5.74) is 1.15. The molecule has 0 spiro atoms. The van der Waals surface area contributed by atoms with Gasteiger partial charge in [0.1, 0.15) is 17.2 Å². The molecule has 0 radical (unpaired) electrons. The SMILES string of the molecule is Cc1cc(F)ccc1S(=O)(=O)N[C@H](C)Cc1cc2ccccc2o1. The molecule has 0 aliphatic heterocycles. The molecule has 6 heteroatoms. The van der Waals surface area contributed by atoms with Crippen molar-refractivity contribution in [1.29, 1.82) is 0 Å². The molecule has 1 atom stereocenters.